The van der Waals surface area contributed by atoms with Crippen molar-refractivity contribution in [2.24, 2.45) is 0 Å². The number of para-hydroxylation sites is 1. The van der Waals surface area contributed by atoms with Crippen LogP contribution < -0.4 is 9.64 Å². The maximum atomic E-state index is 12.0. The second-order valence-corrected chi connectivity index (χ2v) is 10.4. The van der Waals surface area contributed by atoms with Crippen molar-refractivity contribution in [3.63, 3.8) is 0 Å². The van der Waals surface area contributed by atoms with Crippen molar-refractivity contribution >= 4 is 21.8 Å². The standard InChI is InChI=1S/C23H30N2O5S/c1-24(2)20-9-7-18(8-10-20)13-25(21-11-12-31(28,29)17-21)14-22(27)16-30-23-6-4-3-5-19(23)15-26/h3-10,15,21-22,27H,11-14,16-17H2,1-2H3. The molecule has 3 rings (SSSR count). The molecule has 7 nitrogen and oxygen atoms in total. The summed E-state index contributed by atoms with van der Waals surface area (Å²) in [5.41, 5.74) is 2.56. The first-order valence-corrected chi connectivity index (χ1v) is 12.2. The Labute approximate surface area is 184 Å². The van der Waals surface area contributed by atoms with Crippen molar-refractivity contribution in [2.75, 3.05) is 43.7 Å². The van der Waals surface area contributed by atoms with Crippen LogP contribution in [-0.4, -0.2) is 75.6 Å². The van der Waals surface area contributed by atoms with Crippen LogP contribution >= 0.6 is 0 Å². The van der Waals surface area contributed by atoms with E-state index in [-0.39, 0.29) is 30.7 Å². The number of nitrogens with zero attached hydrogens (tertiary/aromatic N) is 2. The minimum atomic E-state index is -3.05. The summed E-state index contributed by atoms with van der Waals surface area (Å²) < 4.78 is 29.7. The molecule has 1 fully saturated rings. The molecule has 1 aliphatic heterocycles. The zero-order chi connectivity index (χ0) is 22.4. The highest BCUT2D eigenvalue weighted by Gasteiger charge is 2.33. The topological polar surface area (TPSA) is 87.2 Å². The zero-order valence-electron chi connectivity index (χ0n) is 18.0. The summed E-state index contributed by atoms with van der Waals surface area (Å²) >= 11 is 0. The fraction of sp³-hybridized carbons (Fsp3) is 0.435. The van der Waals surface area contributed by atoms with Crippen LogP contribution in [0.2, 0.25) is 0 Å². The first-order chi connectivity index (χ1) is 14.8. The molecule has 0 radical (unpaired) electrons. The molecule has 1 N–H and O–H groups in total. The van der Waals surface area contributed by atoms with Crippen LogP contribution in [0.15, 0.2) is 48.5 Å². The van der Waals surface area contributed by atoms with Crippen LogP contribution in [0.1, 0.15) is 22.3 Å². The lowest BCUT2D eigenvalue weighted by molar-refractivity contribution is 0.0522. The summed E-state index contributed by atoms with van der Waals surface area (Å²) in [5, 5.41) is 10.6. The van der Waals surface area contributed by atoms with Gasteiger partial charge in [0.05, 0.1) is 17.1 Å². The van der Waals surface area contributed by atoms with Gasteiger partial charge in [0.2, 0.25) is 0 Å². The third-order valence-electron chi connectivity index (χ3n) is 5.49. The van der Waals surface area contributed by atoms with Gasteiger partial charge in [0.15, 0.2) is 16.1 Å². The van der Waals surface area contributed by atoms with Gasteiger partial charge in [-0.3, -0.25) is 9.69 Å². The van der Waals surface area contributed by atoms with Gasteiger partial charge >= 0.3 is 0 Å². The molecule has 31 heavy (non-hydrogen) atoms. The van der Waals surface area contributed by atoms with Gasteiger partial charge in [-0.2, -0.15) is 0 Å². The van der Waals surface area contributed by atoms with E-state index in [0.29, 0.717) is 24.3 Å². The van der Waals surface area contributed by atoms with E-state index in [9.17, 15) is 18.3 Å². The van der Waals surface area contributed by atoms with Crippen molar-refractivity contribution in [3.05, 3.63) is 59.7 Å². The highest BCUT2D eigenvalue weighted by atomic mass is 32.2. The molecule has 1 saturated heterocycles. The molecule has 2 unspecified atom stereocenters. The summed E-state index contributed by atoms with van der Waals surface area (Å²) in [6, 6.07) is 14.8. The molecule has 0 saturated carbocycles. The van der Waals surface area contributed by atoms with Gasteiger partial charge < -0.3 is 14.7 Å². The molecule has 0 spiro atoms. The molecule has 0 aromatic heterocycles. The Morgan fingerprint density at radius 2 is 1.87 bits per heavy atom. The molecule has 2 aromatic rings. The van der Waals surface area contributed by atoms with Gasteiger partial charge in [-0.05, 0) is 36.2 Å². The third kappa shape index (κ3) is 6.53. The summed E-state index contributed by atoms with van der Waals surface area (Å²) in [6.45, 7) is 0.829. The number of aliphatic hydroxyl groups excluding tert-OH is 1. The van der Waals surface area contributed by atoms with Gasteiger partial charge in [-0.1, -0.05) is 24.3 Å². The Balaban J connectivity index is 1.68. The quantitative estimate of drug-likeness (QED) is 0.559. The van der Waals surface area contributed by atoms with Gasteiger partial charge in [0, 0.05) is 38.9 Å². The molecule has 0 amide bonds. The predicted molar refractivity (Wildman–Crippen MR) is 122 cm³/mol. The summed E-state index contributed by atoms with van der Waals surface area (Å²) in [5.74, 6) is 0.697. The Morgan fingerprint density at radius 1 is 1.16 bits per heavy atom. The minimum absolute atomic E-state index is 0.0143. The van der Waals surface area contributed by atoms with E-state index in [0.717, 1.165) is 17.5 Å². The number of hydrogen-bond donors (Lipinski definition) is 1. The summed E-state index contributed by atoms with van der Waals surface area (Å²) in [6.07, 6.45) is 0.443. The average molecular weight is 447 g/mol. The number of anilines is 1. The van der Waals surface area contributed by atoms with Crippen molar-refractivity contribution in [1.29, 1.82) is 0 Å². The molecule has 8 heteroatoms. The lowest BCUT2D eigenvalue weighted by Gasteiger charge is -2.30. The van der Waals surface area contributed by atoms with Gasteiger partial charge in [0.25, 0.3) is 0 Å². The summed E-state index contributed by atoms with van der Waals surface area (Å²) in [4.78, 5) is 15.2. The molecular formula is C23H30N2O5S. The second-order valence-electron chi connectivity index (χ2n) is 8.17. The van der Waals surface area contributed by atoms with Crippen LogP contribution in [0.3, 0.4) is 0 Å². The number of rotatable bonds is 10. The van der Waals surface area contributed by atoms with E-state index in [1.54, 1.807) is 24.3 Å². The largest absolute Gasteiger partial charge is 0.490 e. The maximum Gasteiger partial charge on any atom is 0.153 e. The number of aldehydes is 1. The molecule has 0 aliphatic carbocycles. The van der Waals surface area contributed by atoms with Crippen LogP contribution in [0.25, 0.3) is 0 Å². The van der Waals surface area contributed by atoms with Crippen LogP contribution in [0.5, 0.6) is 5.75 Å². The molecular weight excluding hydrogens is 416 g/mol. The number of carbonyl (C=O) groups excluding carboxylic acids is 1. The van der Waals surface area contributed by atoms with E-state index in [1.807, 2.05) is 48.2 Å². The SMILES string of the molecule is CN(C)c1ccc(CN(CC(O)COc2ccccc2C=O)C2CCS(=O)(=O)C2)cc1. The number of ether oxygens (including phenoxy) is 1. The Hall–Kier alpha value is -2.42. The Bertz CT molecular complexity index is 976. The van der Waals surface area contributed by atoms with E-state index in [1.165, 1.54) is 0 Å². The van der Waals surface area contributed by atoms with Gasteiger partial charge in [-0.15, -0.1) is 0 Å². The maximum absolute atomic E-state index is 12.0. The van der Waals surface area contributed by atoms with E-state index < -0.39 is 15.9 Å². The lowest BCUT2D eigenvalue weighted by Crippen LogP contribution is -2.42. The second kappa shape index (κ2) is 10.3. The lowest BCUT2D eigenvalue weighted by atomic mass is 10.1. The van der Waals surface area contributed by atoms with Crippen LogP contribution in [0.4, 0.5) is 5.69 Å². The van der Waals surface area contributed by atoms with Gasteiger partial charge in [-0.25, -0.2) is 8.42 Å². The zero-order valence-corrected chi connectivity index (χ0v) is 18.8. The number of carbonyl (C=O) groups is 1. The third-order valence-corrected chi connectivity index (χ3v) is 7.24. The van der Waals surface area contributed by atoms with Crippen molar-refractivity contribution in [3.8, 4) is 5.75 Å². The molecule has 168 valence electrons. The fourth-order valence-electron chi connectivity index (χ4n) is 3.76. The minimum Gasteiger partial charge on any atom is -0.490 e. The number of aliphatic hydroxyl groups is 1. The predicted octanol–water partition coefficient (Wildman–Crippen LogP) is 1.99. The van der Waals surface area contributed by atoms with E-state index in [4.69, 9.17) is 4.74 Å². The smallest absolute Gasteiger partial charge is 0.153 e. The first kappa shape index (κ1) is 23.2. The van der Waals surface area contributed by atoms with E-state index in [2.05, 4.69) is 0 Å². The first-order valence-electron chi connectivity index (χ1n) is 10.3. The Morgan fingerprint density at radius 3 is 2.48 bits per heavy atom. The van der Waals surface area contributed by atoms with Crippen LogP contribution in [0, 0.1) is 0 Å². The van der Waals surface area contributed by atoms with Crippen molar-refractivity contribution in [2.45, 2.75) is 25.1 Å². The number of benzene rings is 2. The molecule has 0 bridgehead atoms. The molecule has 2 atom stereocenters. The molecule has 2 aromatic carbocycles. The molecule has 1 heterocycles. The average Bonchev–Trinajstić information content (AvgIpc) is 3.12. The van der Waals surface area contributed by atoms with Crippen molar-refractivity contribution < 1.29 is 23.1 Å². The normalized spacial score (nSPS) is 18.6. The highest BCUT2D eigenvalue weighted by Crippen LogP contribution is 2.22. The molecule has 1 aliphatic rings. The van der Waals surface area contributed by atoms with Crippen molar-refractivity contribution in [1.82, 2.24) is 4.90 Å². The van der Waals surface area contributed by atoms with Crippen LogP contribution in [-0.2, 0) is 16.4 Å². The summed E-state index contributed by atoms with van der Waals surface area (Å²) in [7, 11) is 0.901. The van der Waals surface area contributed by atoms with E-state index >= 15 is 0 Å². The Kier molecular flexibility index (Phi) is 7.69. The van der Waals surface area contributed by atoms with Gasteiger partial charge in [0.1, 0.15) is 18.5 Å². The number of sulfone groups is 1. The fourth-order valence-corrected chi connectivity index (χ4v) is 5.52. The highest BCUT2D eigenvalue weighted by molar-refractivity contribution is 7.91. The number of hydrogen-bond acceptors (Lipinski definition) is 7. The monoisotopic (exact) mass is 446 g/mol.